The van der Waals surface area contributed by atoms with Crippen LogP contribution in [0, 0.1) is 0 Å². The monoisotopic (exact) mass is 438 g/mol. The van der Waals surface area contributed by atoms with Crippen LogP contribution in [0.1, 0.15) is 23.7 Å². The van der Waals surface area contributed by atoms with Gasteiger partial charge in [0.05, 0.1) is 35.3 Å². The number of rotatable bonds is 6. The maximum absolute atomic E-state index is 13.7. The highest BCUT2D eigenvalue weighted by Gasteiger charge is 2.18. The van der Waals surface area contributed by atoms with Gasteiger partial charge in [0, 0.05) is 18.0 Å². The summed E-state index contributed by atoms with van der Waals surface area (Å²) in [5.74, 6) is -0.245. The van der Waals surface area contributed by atoms with Crippen LogP contribution in [0.25, 0.3) is 27.6 Å². The van der Waals surface area contributed by atoms with Crippen molar-refractivity contribution in [2.45, 2.75) is 19.8 Å². The third-order valence-electron chi connectivity index (χ3n) is 5.59. The molecule has 164 valence electrons. The van der Waals surface area contributed by atoms with Crippen molar-refractivity contribution >= 4 is 27.9 Å². The van der Waals surface area contributed by atoms with Crippen molar-refractivity contribution in [1.29, 1.82) is 0 Å². The third kappa shape index (κ3) is 3.89. The minimum Gasteiger partial charge on any atom is -0.466 e. The van der Waals surface area contributed by atoms with Gasteiger partial charge in [-0.2, -0.15) is 5.10 Å². The molecule has 0 aliphatic carbocycles. The lowest BCUT2D eigenvalue weighted by molar-refractivity contribution is -0.142. The molecule has 0 atom stereocenters. The summed E-state index contributed by atoms with van der Waals surface area (Å²) >= 11 is 0. The molecule has 7 nitrogen and oxygen atoms in total. The van der Waals surface area contributed by atoms with Crippen molar-refractivity contribution in [3.63, 3.8) is 0 Å². The number of hydrogen-bond acceptors (Lipinski definition) is 5. The van der Waals surface area contributed by atoms with Crippen LogP contribution >= 0.6 is 0 Å². The van der Waals surface area contributed by atoms with Gasteiger partial charge in [-0.15, -0.1) is 0 Å². The van der Waals surface area contributed by atoms with E-state index in [-0.39, 0.29) is 17.9 Å². The van der Waals surface area contributed by atoms with E-state index in [2.05, 4.69) is 15.2 Å². The van der Waals surface area contributed by atoms with Crippen LogP contribution in [0.5, 0.6) is 0 Å². The summed E-state index contributed by atoms with van der Waals surface area (Å²) in [6.45, 7) is 2.16. The molecule has 0 amide bonds. The second-order valence-electron chi connectivity index (χ2n) is 7.75. The smallest absolute Gasteiger partial charge is 0.310 e. The first-order chi connectivity index (χ1) is 16.2. The summed E-state index contributed by atoms with van der Waals surface area (Å²) in [4.78, 5) is 29.9. The molecule has 0 saturated carbocycles. The van der Waals surface area contributed by atoms with Crippen LogP contribution in [0.3, 0.4) is 0 Å². The molecule has 0 aliphatic rings. The van der Waals surface area contributed by atoms with E-state index in [0.717, 1.165) is 22.2 Å². The molecule has 0 aliphatic heterocycles. The summed E-state index contributed by atoms with van der Waals surface area (Å²) < 4.78 is 6.65. The lowest BCUT2D eigenvalue weighted by atomic mass is 10.0. The number of fused-ring (bicyclic) bond motifs is 3. The molecule has 0 radical (unpaired) electrons. The number of hydrogen-bond donors (Lipinski definition) is 1. The van der Waals surface area contributed by atoms with Crippen molar-refractivity contribution in [3.8, 4) is 5.69 Å². The van der Waals surface area contributed by atoms with Crippen LogP contribution in [0.4, 0.5) is 0 Å². The number of H-pyrrole nitrogens is 1. The molecule has 0 unspecified atom stereocenters. The number of nitrogens with zero attached hydrogens (tertiary/aromatic N) is 3. The van der Waals surface area contributed by atoms with Crippen LogP contribution in [0.2, 0.25) is 0 Å². The van der Waals surface area contributed by atoms with Gasteiger partial charge in [0.25, 0.3) is 5.56 Å². The van der Waals surface area contributed by atoms with Crippen LogP contribution in [-0.4, -0.2) is 32.3 Å². The number of carbonyl (C=O) groups is 1. The van der Waals surface area contributed by atoms with Crippen LogP contribution < -0.4 is 5.56 Å². The number of nitrogens with one attached hydrogen (secondary N) is 1. The van der Waals surface area contributed by atoms with Crippen molar-refractivity contribution in [1.82, 2.24) is 19.7 Å². The van der Waals surface area contributed by atoms with Crippen LogP contribution in [-0.2, 0) is 22.4 Å². The summed E-state index contributed by atoms with van der Waals surface area (Å²) in [6.07, 6.45) is 2.40. The molecule has 33 heavy (non-hydrogen) atoms. The minimum atomic E-state index is -0.245. The fraction of sp³-hybridized carbons (Fsp3) is 0.154. The van der Waals surface area contributed by atoms with E-state index in [4.69, 9.17) is 4.74 Å². The van der Waals surface area contributed by atoms with E-state index in [1.54, 1.807) is 17.7 Å². The maximum atomic E-state index is 13.7. The molecular formula is C26H22N4O3. The molecule has 3 aromatic heterocycles. The summed E-state index contributed by atoms with van der Waals surface area (Å²) in [5.41, 5.74) is 4.40. The molecule has 7 heteroatoms. The van der Waals surface area contributed by atoms with Gasteiger partial charge in [-0.05, 0) is 42.3 Å². The highest BCUT2D eigenvalue weighted by molar-refractivity contribution is 6.03. The van der Waals surface area contributed by atoms with Crippen LogP contribution in [0.15, 0.2) is 77.7 Å². The third-order valence-corrected chi connectivity index (χ3v) is 5.59. The van der Waals surface area contributed by atoms with E-state index in [1.807, 2.05) is 66.7 Å². The molecule has 5 rings (SSSR count). The minimum absolute atomic E-state index is 0.162. The Balaban J connectivity index is 1.57. The average molecular weight is 438 g/mol. The topological polar surface area (TPSA) is 89.9 Å². The first-order valence-corrected chi connectivity index (χ1v) is 10.8. The Hall–Kier alpha value is -4.26. The van der Waals surface area contributed by atoms with Gasteiger partial charge >= 0.3 is 5.97 Å². The first kappa shape index (κ1) is 20.6. The van der Waals surface area contributed by atoms with Crippen molar-refractivity contribution in [3.05, 3.63) is 100 Å². The molecular weight excluding hydrogens is 416 g/mol. The van der Waals surface area contributed by atoms with Crippen molar-refractivity contribution < 1.29 is 9.53 Å². The molecule has 0 spiro atoms. The van der Waals surface area contributed by atoms with Gasteiger partial charge in [0.1, 0.15) is 5.65 Å². The van der Waals surface area contributed by atoms with Gasteiger partial charge in [-0.25, -0.2) is 4.98 Å². The predicted octanol–water partition coefficient (Wildman–Crippen LogP) is 3.96. The molecule has 0 fully saturated rings. The fourth-order valence-electron chi connectivity index (χ4n) is 4.07. The molecule has 0 bridgehead atoms. The molecule has 2 aromatic carbocycles. The Morgan fingerprint density at radius 2 is 1.76 bits per heavy atom. The zero-order valence-electron chi connectivity index (χ0n) is 18.1. The van der Waals surface area contributed by atoms with E-state index >= 15 is 0 Å². The molecule has 3 heterocycles. The quantitative estimate of drug-likeness (QED) is 0.405. The predicted molar refractivity (Wildman–Crippen MR) is 127 cm³/mol. The summed E-state index contributed by atoms with van der Waals surface area (Å²) in [7, 11) is 0. The number of esters is 1. The van der Waals surface area contributed by atoms with Gasteiger partial charge in [0.15, 0.2) is 0 Å². The maximum Gasteiger partial charge on any atom is 0.310 e. The number of benzene rings is 2. The molecule has 0 saturated heterocycles. The van der Waals surface area contributed by atoms with Crippen molar-refractivity contribution in [2.24, 2.45) is 0 Å². The molecule has 5 aromatic rings. The van der Waals surface area contributed by atoms with Gasteiger partial charge in [-0.1, -0.05) is 42.5 Å². The number of ether oxygens (including phenoxy) is 1. The zero-order chi connectivity index (χ0) is 22.8. The summed E-state index contributed by atoms with van der Waals surface area (Å²) in [5, 5.41) is 8.93. The first-order valence-electron chi connectivity index (χ1n) is 10.8. The number of pyridine rings is 2. The fourth-order valence-corrected chi connectivity index (χ4v) is 4.07. The lowest BCUT2D eigenvalue weighted by Gasteiger charge is -2.10. The Morgan fingerprint density at radius 3 is 2.52 bits per heavy atom. The number of aromatic amines is 1. The van der Waals surface area contributed by atoms with Crippen molar-refractivity contribution in [2.75, 3.05) is 6.61 Å². The second-order valence-corrected chi connectivity index (χ2v) is 7.75. The number of aromatic nitrogens is 4. The lowest BCUT2D eigenvalue weighted by Crippen LogP contribution is -2.20. The largest absolute Gasteiger partial charge is 0.466 e. The SMILES string of the molecule is CCOC(=O)Cc1ccc(Cc2n[nH]c3c2c(=O)n(-c2ccccc2)c2ncccc32)cc1. The number of para-hydroxylation sites is 1. The zero-order valence-corrected chi connectivity index (χ0v) is 18.1. The molecule has 1 N–H and O–H groups in total. The average Bonchev–Trinajstić information content (AvgIpc) is 3.26. The van der Waals surface area contributed by atoms with Gasteiger partial charge < -0.3 is 4.74 Å². The highest BCUT2D eigenvalue weighted by atomic mass is 16.5. The Bertz CT molecular complexity index is 1500. The normalized spacial score (nSPS) is 11.2. The van der Waals surface area contributed by atoms with Gasteiger partial charge in [0.2, 0.25) is 0 Å². The van der Waals surface area contributed by atoms with E-state index in [9.17, 15) is 9.59 Å². The second kappa shape index (κ2) is 8.70. The van der Waals surface area contributed by atoms with E-state index in [0.29, 0.717) is 35.3 Å². The van der Waals surface area contributed by atoms with Gasteiger partial charge in [-0.3, -0.25) is 19.3 Å². The highest BCUT2D eigenvalue weighted by Crippen LogP contribution is 2.25. The Morgan fingerprint density at radius 1 is 1.00 bits per heavy atom. The summed E-state index contributed by atoms with van der Waals surface area (Å²) in [6, 6.07) is 21.0. The Labute approximate surface area is 189 Å². The van der Waals surface area contributed by atoms with E-state index < -0.39 is 0 Å². The van der Waals surface area contributed by atoms with E-state index in [1.165, 1.54) is 0 Å². The Kier molecular flexibility index (Phi) is 5.44. The number of carbonyl (C=O) groups excluding carboxylic acids is 1. The standard InChI is InChI=1S/C26H22N4O3/c1-2-33-22(31)16-18-12-10-17(11-13-18)15-21-23-24(29-28-21)20-9-6-14-27-25(20)30(26(23)32)19-7-4-3-5-8-19/h3-14H,2,15-16H2,1H3,(H,28,29).